The Balaban J connectivity index is 1.70. The summed E-state index contributed by atoms with van der Waals surface area (Å²) in [6, 6.07) is 18.9. The van der Waals surface area contributed by atoms with Crippen molar-refractivity contribution < 1.29 is 9.21 Å². The van der Waals surface area contributed by atoms with Crippen molar-refractivity contribution in [1.82, 2.24) is 14.8 Å². The Morgan fingerprint density at radius 3 is 2.32 bits per heavy atom. The molecular formula is C22H20N4O2. The van der Waals surface area contributed by atoms with Crippen LogP contribution in [0.5, 0.6) is 0 Å². The molecule has 0 aliphatic heterocycles. The highest BCUT2D eigenvalue weighted by atomic mass is 16.3. The van der Waals surface area contributed by atoms with Gasteiger partial charge in [-0.15, -0.1) is 5.10 Å². The minimum atomic E-state index is -0.243. The maximum atomic E-state index is 13.0. The minimum absolute atomic E-state index is 0.243. The third kappa shape index (κ3) is 3.71. The number of anilines is 1. The number of rotatable bonds is 5. The summed E-state index contributed by atoms with van der Waals surface area (Å²) in [4.78, 5) is 17.6. The summed E-state index contributed by atoms with van der Waals surface area (Å²) < 4.78 is 6.66. The zero-order valence-corrected chi connectivity index (χ0v) is 15.7. The molecule has 1 N–H and O–H groups in total. The second kappa shape index (κ2) is 7.52. The van der Waals surface area contributed by atoms with Gasteiger partial charge in [0.1, 0.15) is 5.76 Å². The molecule has 4 rings (SSSR count). The number of benzene rings is 2. The predicted molar refractivity (Wildman–Crippen MR) is 107 cm³/mol. The van der Waals surface area contributed by atoms with Crippen molar-refractivity contribution in [3.05, 3.63) is 89.4 Å². The van der Waals surface area contributed by atoms with Gasteiger partial charge in [-0.25, -0.2) is 0 Å². The van der Waals surface area contributed by atoms with Crippen LogP contribution in [0.4, 0.5) is 5.95 Å². The van der Waals surface area contributed by atoms with E-state index in [0.29, 0.717) is 23.9 Å². The smallest absolute Gasteiger partial charge is 0.281 e. The van der Waals surface area contributed by atoms with Crippen LogP contribution in [0.1, 0.15) is 27.2 Å². The largest absolute Gasteiger partial charge is 0.467 e. The third-order valence-electron chi connectivity index (χ3n) is 4.41. The molecular weight excluding hydrogens is 352 g/mol. The topological polar surface area (TPSA) is 73.0 Å². The molecule has 0 radical (unpaired) electrons. The number of aromatic nitrogens is 3. The Bertz CT molecular complexity index is 1080. The van der Waals surface area contributed by atoms with E-state index in [-0.39, 0.29) is 5.91 Å². The SMILES string of the molecule is Cc1ccc(C(=O)n2nc(-c3ccc(C)cc3)nc2NCc2ccco2)cc1. The average molecular weight is 372 g/mol. The zero-order valence-electron chi connectivity index (χ0n) is 15.7. The van der Waals surface area contributed by atoms with Gasteiger partial charge in [0, 0.05) is 11.1 Å². The van der Waals surface area contributed by atoms with Crippen molar-refractivity contribution in [2.75, 3.05) is 5.32 Å². The fourth-order valence-corrected chi connectivity index (χ4v) is 2.79. The van der Waals surface area contributed by atoms with E-state index in [1.54, 1.807) is 18.4 Å². The first-order valence-electron chi connectivity index (χ1n) is 9.02. The van der Waals surface area contributed by atoms with E-state index in [1.165, 1.54) is 4.68 Å². The monoisotopic (exact) mass is 372 g/mol. The number of carbonyl (C=O) groups excluding carboxylic acids is 1. The van der Waals surface area contributed by atoms with Gasteiger partial charge in [0.15, 0.2) is 5.82 Å². The van der Waals surface area contributed by atoms with Gasteiger partial charge in [-0.3, -0.25) is 4.79 Å². The van der Waals surface area contributed by atoms with E-state index in [2.05, 4.69) is 15.4 Å². The quantitative estimate of drug-likeness (QED) is 0.560. The average Bonchev–Trinajstić information content (AvgIpc) is 3.37. The molecule has 6 nitrogen and oxygen atoms in total. The second-order valence-electron chi connectivity index (χ2n) is 6.64. The van der Waals surface area contributed by atoms with E-state index in [0.717, 1.165) is 22.5 Å². The second-order valence-corrected chi connectivity index (χ2v) is 6.64. The molecule has 2 heterocycles. The van der Waals surface area contributed by atoms with Gasteiger partial charge in [0.2, 0.25) is 5.95 Å². The van der Waals surface area contributed by atoms with E-state index in [1.807, 2.05) is 62.4 Å². The van der Waals surface area contributed by atoms with Gasteiger partial charge >= 0.3 is 0 Å². The Kier molecular flexibility index (Phi) is 4.76. The van der Waals surface area contributed by atoms with E-state index < -0.39 is 0 Å². The highest BCUT2D eigenvalue weighted by molar-refractivity contribution is 5.97. The molecule has 0 aliphatic rings. The van der Waals surface area contributed by atoms with Gasteiger partial charge in [-0.1, -0.05) is 47.5 Å². The molecule has 4 aromatic rings. The van der Waals surface area contributed by atoms with Crippen LogP contribution in [0.15, 0.2) is 71.3 Å². The van der Waals surface area contributed by atoms with Crippen molar-refractivity contribution in [1.29, 1.82) is 0 Å². The molecule has 0 bridgehead atoms. The maximum Gasteiger partial charge on any atom is 0.281 e. The molecule has 6 heteroatoms. The molecule has 0 aliphatic carbocycles. The standard InChI is InChI=1S/C22H20N4O2/c1-15-5-9-17(10-6-15)20-24-22(23-14-19-4-3-13-28-19)26(25-20)21(27)18-11-7-16(2)8-12-18/h3-13H,14H2,1-2H3,(H,23,24,25). The Hall–Kier alpha value is -3.67. The number of hydrogen-bond acceptors (Lipinski definition) is 5. The summed E-state index contributed by atoms with van der Waals surface area (Å²) in [5.74, 6) is 1.36. The van der Waals surface area contributed by atoms with Crippen LogP contribution in [0.3, 0.4) is 0 Å². The summed E-state index contributed by atoms with van der Waals surface area (Å²) >= 11 is 0. The zero-order chi connectivity index (χ0) is 19.5. The van der Waals surface area contributed by atoms with E-state index in [9.17, 15) is 4.79 Å². The Labute approximate surface area is 162 Å². The Morgan fingerprint density at radius 1 is 1.00 bits per heavy atom. The van der Waals surface area contributed by atoms with E-state index in [4.69, 9.17) is 4.42 Å². The van der Waals surface area contributed by atoms with Gasteiger partial charge < -0.3 is 9.73 Å². The van der Waals surface area contributed by atoms with Gasteiger partial charge in [-0.05, 0) is 38.1 Å². The number of furan rings is 1. The lowest BCUT2D eigenvalue weighted by Crippen LogP contribution is -2.17. The summed E-state index contributed by atoms with van der Waals surface area (Å²) in [5, 5.41) is 7.63. The molecule has 28 heavy (non-hydrogen) atoms. The van der Waals surface area contributed by atoms with Crippen molar-refractivity contribution >= 4 is 11.9 Å². The molecule has 0 spiro atoms. The number of carbonyl (C=O) groups is 1. The van der Waals surface area contributed by atoms with Crippen LogP contribution < -0.4 is 5.32 Å². The maximum absolute atomic E-state index is 13.0. The molecule has 0 atom stereocenters. The summed E-state index contributed by atoms with van der Waals surface area (Å²) in [6.45, 7) is 4.41. The molecule has 0 saturated heterocycles. The number of nitrogens with one attached hydrogen (secondary N) is 1. The summed E-state index contributed by atoms with van der Waals surface area (Å²) in [7, 11) is 0. The van der Waals surface area contributed by atoms with Crippen LogP contribution >= 0.6 is 0 Å². The number of hydrogen-bond donors (Lipinski definition) is 1. The summed E-state index contributed by atoms with van der Waals surface area (Å²) in [5.41, 5.74) is 3.64. The lowest BCUT2D eigenvalue weighted by molar-refractivity contribution is 0.0947. The molecule has 0 saturated carbocycles. The van der Waals surface area contributed by atoms with Gasteiger partial charge in [-0.2, -0.15) is 9.67 Å². The van der Waals surface area contributed by atoms with Crippen LogP contribution in [-0.2, 0) is 6.54 Å². The van der Waals surface area contributed by atoms with Crippen LogP contribution in [-0.4, -0.2) is 20.7 Å². The normalized spacial score (nSPS) is 10.8. The lowest BCUT2D eigenvalue weighted by atomic mass is 10.1. The number of nitrogens with zero attached hydrogens (tertiary/aromatic N) is 3. The first-order chi connectivity index (χ1) is 13.6. The highest BCUT2D eigenvalue weighted by Gasteiger charge is 2.19. The summed E-state index contributed by atoms with van der Waals surface area (Å²) in [6.07, 6.45) is 1.61. The Morgan fingerprint density at radius 2 is 1.68 bits per heavy atom. The molecule has 140 valence electrons. The van der Waals surface area contributed by atoms with Gasteiger partial charge in [0.05, 0.1) is 12.8 Å². The van der Waals surface area contributed by atoms with Crippen molar-refractivity contribution in [2.24, 2.45) is 0 Å². The van der Waals surface area contributed by atoms with Crippen molar-refractivity contribution in [3.8, 4) is 11.4 Å². The highest BCUT2D eigenvalue weighted by Crippen LogP contribution is 2.20. The van der Waals surface area contributed by atoms with Gasteiger partial charge in [0.25, 0.3) is 5.91 Å². The fourth-order valence-electron chi connectivity index (χ4n) is 2.79. The van der Waals surface area contributed by atoms with Crippen molar-refractivity contribution in [2.45, 2.75) is 20.4 Å². The first kappa shape index (κ1) is 17.7. The molecule has 0 unspecified atom stereocenters. The molecule has 0 fully saturated rings. The lowest BCUT2D eigenvalue weighted by Gasteiger charge is -2.06. The third-order valence-corrected chi connectivity index (χ3v) is 4.41. The molecule has 2 aromatic carbocycles. The van der Waals surface area contributed by atoms with E-state index >= 15 is 0 Å². The molecule has 2 aromatic heterocycles. The predicted octanol–water partition coefficient (Wildman–Crippen LogP) is 4.46. The van der Waals surface area contributed by atoms with Crippen LogP contribution in [0, 0.1) is 13.8 Å². The number of aryl methyl sites for hydroxylation is 2. The van der Waals surface area contributed by atoms with Crippen LogP contribution in [0.2, 0.25) is 0 Å². The van der Waals surface area contributed by atoms with Crippen LogP contribution in [0.25, 0.3) is 11.4 Å². The molecule has 0 amide bonds. The fraction of sp³-hybridized carbons (Fsp3) is 0.136. The first-order valence-corrected chi connectivity index (χ1v) is 9.02. The minimum Gasteiger partial charge on any atom is -0.467 e. The van der Waals surface area contributed by atoms with Crippen molar-refractivity contribution in [3.63, 3.8) is 0 Å².